The lowest BCUT2D eigenvalue weighted by molar-refractivity contribution is -0.144. The van der Waals surface area contributed by atoms with Crippen LogP contribution >= 0.6 is 0 Å². The lowest BCUT2D eigenvalue weighted by Gasteiger charge is -2.34. The van der Waals surface area contributed by atoms with E-state index in [2.05, 4.69) is 14.9 Å². The molecule has 1 rings (SSSR count). The van der Waals surface area contributed by atoms with Gasteiger partial charge < -0.3 is 40.0 Å². The third kappa shape index (κ3) is 13.2. The highest BCUT2D eigenvalue weighted by molar-refractivity contribution is 6.40. The first-order chi connectivity index (χ1) is 15.4. The minimum absolute atomic E-state index is 0.168. The first kappa shape index (κ1) is 28.6. The number of aliphatic carboxylic acids is 1. The number of hydrogen-bond acceptors (Lipinski definition) is 9. The zero-order valence-corrected chi connectivity index (χ0v) is 18.8. The molecule has 1 aliphatic rings. The van der Waals surface area contributed by atoms with Gasteiger partial charge in [0.2, 0.25) is 0 Å². The number of rotatable bonds is 19. The van der Waals surface area contributed by atoms with Crippen LogP contribution in [0.3, 0.4) is 0 Å². The third-order valence-electron chi connectivity index (χ3n) is 5.52. The number of carboxylic acid groups (broad SMARTS) is 1. The molecule has 0 spiro atoms. The summed E-state index contributed by atoms with van der Waals surface area (Å²) in [6, 6.07) is 0. The number of hydrogen-bond donors (Lipinski definition) is 4. The minimum Gasteiger partial charge on any atom is -0.480 e. The molecule has 1 heterocycles. The second-order valence-electron chi connectivity index (χ2n) is 8.03. The van der Waals surface area contributed by atoms with E-state index in [4.69, 9.17) is 35.5 Å². The van der Waals surface area contributed by atoms with E-state index in [0.29, 0.717) is 71.8 Å². The maximum atomic E-state index is 11.6. The number of likely N-dealkylation sites (tertiary alicyclic amines) is 1. The monoisotopic (exact) mass is 459 g/mol. The van der Waals surface area contributed by atoms with Crippen molar-refractivity contribution in [2.24, 2.45) is 10.8 Å². The SMILES string of the molecule is [N-]=[N+]=NCCOCCOCCOC1CCN(CCC(N)(CCCCB(O)O)C(=O)O)CC1. The molecule has 1 fully saturated rings. The molecule has 0 amide bonds. The van der Waals surface area contributed by atoms with Gasteiger partial charge in [-0.25, -0.2) is 0 Å². The van der Waals surface area contributed by atoms with Gasteiger partial charge in [-0.15, -0.1) is 0 Å². The van der Waals surface area contributed by atoms with E-state index in [1.807, 2.05) is 0 Å². The van der Waals surface area contributed by atoms with Crippen LogP contribution in [0.2, 0.25) is 6.32 Å². The Kier molecular flexibility index (Phi) is 15.3. The van der Waals surface area contributed by atoms with Gasteiger partial charge in [0.05, 0.1) is 39.1 Å². The molecular weight excluding hydrogens is 421 g/mol. The Balaban J connectivity index is 2.11. The van der Waals surface area contributed by atoms with Crippen molar-refractivity contribution in [1.82, 2.24) is 4.90 Å². The molecule has 1 aliphatic heterocycles. The van der Waals surface area contributed by atoms with Crippen molar-refractivity contribution >= 4 is 13.1 Å². The fourth-order valence-electron chi connectivity index (χ4n) is 3.51. The number of carboxylic acids is 1. The summed E-state index contributed by atoms with van der Waals surface area (Å²) in [5.41, 5.74) is 13.0. The predicted molar refractivity (Wildman–Crippen MR) is 119 cm³/mol. The Bertz CT molecular complexity index is 560. The number of nitrogens with two attached hydrogens (primary N) is 1. The smallest absolute Gasteiger partial charge is 0.451 e. The summed E-state index contributed by atoms with van der Waals surface area (Å²) in [6.45, 7) is 4.88. The largest absolute Gasteiger partial charge is 0.480 e. The van der Waals surface area contributed by atoms with Gasteiger partial charge in [0, 0.05) is 31.1 Å². The normalized spacial score (nSPS) is 17.0. The van der Waals surface area contributed by atoms with Crippen LogP contribution < -0.4 is 5.73 Å². The number of azide groups is 1. The molecule has 12 nitrogen and oxygen atoms in total. The van der Waals surface area contributed by atoms with E-state index >= 15 is 0 Å². The first-order valence-corrected chi connectivity index (χ1v) is 11.3. The van der Waals surface area contributed by atoms with Crippen molar-refractivity contribution in [3.05, 3.63) is 10.4 Å². The summed E-state index contributed by atoms with van der Waals surface area (Å²) >= 11 is 0. The van der Waals surface area contributed by atoms with Crippen molar-refractivity contribution in [3.63, 3.8) is 0 Å². The van der Waals surface area contributed by atoms with Crippen LogP contribution in [0, 0.1) is 0 Å². The van der Waals surface area contributed by atoms with Crippen LogP contribution in [0.1, 0.15) is 38.5 Å². The quantitative estimate of drug-likeness (QED) is 0.0707. The average Bonchev–Trinajstić information content (AvgIpc) is 2.77. The van der Waals surface area contributed by atoms with Gasteiger partial charge in [-0.2, -0.15) is 0 Å². The van der Waals surface area contributed by atoms with Gasteiger partial charge in [0.15, 0.2) is 0 Å². The van der Waals surface area contributed by atoms with E-state index in [1.165, 1.54) is 0 Å². The third-order valence-corrected chi connectivity index (χ3v) is 5.52. The van der Waals surface area contributed by atoms with Gasteiger partial charge in [0.25, 0.3) is 0 Å². The van der Waals surface area contributed by atoms with Crippen LogP contribution in [0.4, 0.5) is 0 Å². The zero-order valence-electron chi connectivity index (χ0n) is 18.8. The highest BCUT2D eigenvalue weighted by Gasteiger charge is 2.34. The Morgan fingerprint density at radius 3 is 2.41 bits per heavy atom. The maximum absolute atomic E-state index is 11.6. The first-order valence-electron chi connectivity index (χ1n) is 11.3. The van der Waals surface area contributed by atoms with Crippen molar-refractivity contribution in [2.75, 3.05) is 59.2 Å². The van der Waals surface area contributed by atoms with Crippen LogP contribution in [-0.2, 0) is 19.0 Å². The highest BCUT2D eigenvalue weighted by atomic mass is 16.5. The van der Waals surface area contributed by atoms with Gasteiger partial charge in [-0.05, 0) is 37.5 Å². The number of unbranched alkanes of at least 4 members (excludes halogenated alkanes) is 1. The summed E-state index contributed by atoms with van der Waals surface area (Å²) in [7, 11) is -1.36. The maximum Gasteiger partial charge on any atom is 0.451 e. The molecule has 5 N–H and O–H groups in total. The van der Waals surface area contributed by atoms with Crippen molar-refractivity contribution in [1.29, 1.82) is 0 Å². The molecule has 0 aromatic carbocycles. The molecular formula is C19H38BN5O7. The second kappa shape index (κ2) is 17.1. The van der Waals surface area contributed by atoms with E-state index in [1.54, 1.807) is 0 Å². The van der Waals surface area contributed by atoms with E-state index < -0.39 is 18.6 Å². The average molecular weight is 459 g/mol. The van der Waals surface area contributed by atoms with Gasteiger partial charge in [0.1, 0.15) is 5.54 Å². The van der Waals surface area contributed by atoms with Gasteiger partial charge in [-0.1, -0.05) is 18.0 Å². The Morgan fingerprint density at radius 1 is 1.12 bits per heavy atom. The molecule has 1 saturated heterocycles. The molecule has 32 heavy (non-hydrogen) atoms. The number of carbonyl (C=O) groups is 1. The number of ether oxygens (including phenoxy) is 3. The summed E-state index contributed by atoms with van der Waals surface area (Å²) in [4.78, 5) is 16.5. The van der Waals surface area contributed by atoms with Crippen LogP contribution in [0.25, 0.3) is 10.4 Å². The molecule has 0 aromatic heterocycles. The summed E-state index contributed by atoms with van der Waals surface area (Å²) in [6.07, 6.45) is 3.88. The standard InChI is InChI=1S/C19H38BN5O7/c21-19(18(26)27,5-1-2-7-20(28)29)6-11-25-9-3-17(4-10-25)32-16-15-31-14-13-30-12-8-23-24-22/h17,28-29H,1-16,21H2,(H,26,27). The minimum atomic E-state index is -1.36. The van der Waals surface area contributed by atoms with E-state index in [9.17, 15) is 9.90 Å². The molecule has 13 heteroatoms. The second-order valence-corrected chi connectivity index (χ2v) is 8.03. The fourth-order valence-corrected chi connectivity index (χ4v) is 3.51. The fraction of sp³-hybridized carbons (Fsp3) is 0.947. The Labute approximate surface area is 189 Å². The van der Waals surface area contributed by atoms with Crippen molar-refractivity contribution in [2.45, 2.75) is 56.5 Å². The van der Waals surface area contributed by atoms with Crippen molar-refractivity contribution < 1.29 is 34.2 Å². The Hall–Kier alpha value is -1.44. The highest BCUT2D eigenvalue weighted by Crippen LogP contribution is 2.20. The van der Waals surface area contributed by atoms with E-state index in [-0.39, 0.29) is 12.4 Å². The lowest BCUT2D eigenvalue weighted by Crippen LogP contribution is -2.51. The van der Waals surface area contributed by atoms with Gasteiger partial charge >= 0.3 is 13.1 Å². The summed E-state index contributed by atoms with van der Waals surface area (Å²) < 4.78 is 16.5. The zero-order chi connectivity index (χ0) is 23.7. The number of nitrogens with zero attached hydrogens (tertiary/aromatic N) is 4. The summed E-state index contributed by atoms with van der Waals surface area (Å²) in [5.74, 6) is -1.01. The molecule has 0 aromatic rings. The van der Waals surface area contributed by atoms with Gasteiger partial charge in [-0.3, -0.25) is 4.79 Å². The van der Waals surface area contributed by atoms with E-state index in [0.717, 1.165) is 25.9 Å². The molecule has 0 bridgehead atoms. The number of piperidine rings is 1. The Morgan fingerprint density at radius 2 is 1.78 bits per heavy atom. The van der Waals surface area contributed by atoms with Crippen molar-refractivity contribution in [3.8, 4) is 0 Å². The lowest BCUT2D eigenvalue weighted by atomic mass is 9.81. The molecule has 1 unspecified atom stereocenters. The van der Waals surface area contributed by atoms with Crippen LogP contribution in [0.5, 0.6) is 0 Å². The summed E-state index contributed by atoms with van der Waals surface area (Å²) in [5, 5.41) is 30.7. The molecule has 1 atom stereocenters. The predicted octanol–water partition coefficient (Wildman–Crippen LogP) is 0.626. The molecule has 0 aliphatic carbocycles. The molecule has 0 saturated carbocycles. The topological polar surface area (TPSA) is 183 Å². The van der Waals surface area contributed by atoms with Crippen LogP contribution in [0.15, 0.2) is 5.11 Å². The molecule has 184 valence electrons. The van der Waals surface area contributed by atoms with Crippen LogP contribution in [-0.4, -0.2) is 104 Å². The molecule has 0 radical (unpaired) electrons.